The smallest absolute Gasteiger partial charge is 0.311 e. The molecule has 3 nitrogen and oxygen atoms in total. The molecule has 0 aliphatic heterocycles. The molecule has 0 aliphatic rings. The van der Waals surface area contributed by atoms with Crippen molar-refractivity contribution < 1.29 is 18.0 Å². The van der Waals surface area contributed by atoms with E-state index in [0.717, 1.165) is 6.07 Å². The topological polar surface area (TPSA) is 42.0 Å². The first-order valence-electron chi connectivity index (χ1n) is 4.12. The molecule has 6 heteroatoms. The van der Waals surface area contributed by atoms with Crippen LogP contribution in [0.4, 0.5) is 19.0 Å². The number of anilines is 1. The van der Waals surface area contributed by atoms with E-state index in [0.29, 0.717) is 6.20 Å². The molecule has 0 spiro atoms. The van der Waals surface area contributed by atoms with E-state index in [2.05, 4.69) is 10.3 Å². The van der Waals surface area contributed by atoms with Crippen LogP contribution in [0.15, 0.2) is 12.3 Å². The van der Waals surface area contributed by atoms with Gasteiger partial charge in [-0.2, -0.15) is 13.2 Å². The molecule has 1 rings (SSSR count). The van der Waals surface area contributed by atoms with Crippen molar-refractivity contribution in [2.75, 3.05) is 5.32 Å². The van der Waals surface area contributed by atoms with Gasteiger partial charge in [0.25, 0.3) is 0 Å². The highest BCUT2D eigenvalue weighted by molar-refractivity contribution is 5.88. The third kappa shape index (κ3) is 2.93. The van der Waals surface area contributed by atoms with Crippen LogP contribution in [0.2, 0.25) is 0 Å². The zero-order valence-corrected chi connectivity index (χ0v) is 8.14. The average molecular weight is 218 g/mol. The summed E-state index contributed by atoms with van der Waals surface area (Å²) in [5, 5.41) is 2.33. The van der Waals surface area contributed by atoms with Crippen molar-refractivity contribution in [1.82, 2.24) is 4.98 Å². The van der Waals surface area contributed by atoms with Crippen molar-refractivity contribution in [2.24, 2.45) is 0 Å². The molecule has 0 fully saturated rings. The van der Waals surface area contributed by atoms with Crippen molar-refractivity contribution in [3.63, 3.8) is 0 Å². The van der Waals surface area contributed by atoms with Crippen molar-refractivity contribution in [3.05, 3.63) is 23.4 Å². The van der Waals surface area contributed by atoms with Crippen molar-refractivity contribution >= 4 is 11.7 Å². The number of carbonyl (C=O) groups excluding carboxylic acids is 1. The fourth-order valence-corrected chi connectivity index (χ4v) is 1.03. The molecule has 1 aromatic rings. The molecule has 1 amide bonds. The first-order chi connectivity index (χ1) is 6.80. The molecular weight excluding hydrogens is 209 g/mol. The molecule has 1 aromatic heterocycles. The van der Waals surface area contributed by atoms with E-state index < -0.39 is 11.7 Å². The average Bonchev–Trinajstić information content (AvgIpc) is 2.05. The molecule has 82 valence electrons. The number of rotatable bonds is 1. The Hall–Kier alpha value is -1.59. The molecule has 0 bridgehead atoms. The minimum atomic E-state index is -4.41. The number of hydrogen-bond donors (Lipinski definition) is 1. The number of carbonyl (C=O) groups is 1. The van der Waals surface area contributed by atoms with Crippen LogP contribution in [0.1, 0.15) is 18.1 Å². The van der Waals surface area contributed by atoms with Crippen molar-refractivity contribution in [3.8, 4) is 0 Å². The number of halogens is 3. The first-order valence-corrected chi connectivity index (χ1v) is 4.12. The molecule has 1 N–H and O–H groups in total. The maximum atomic E-state index is 12.2. The quantitative estimate of drug-likeness (QED) is 0.786. The van der Waals surface area contributed by atoms with Gasteiger partial charge < -0.3 is 5.32 Å². The van der Waals surface area contributed by atoms with Crippen molar-refractivity contribution in [1.29, 1.82) is 0 Å². The Balaban J connectivity index is 3.03. The fourth-order valence-electron chi connectivity index (χ4n) is 1.03. The highest BCUT2D eigenvalue weighted by Crippen LogP contribution is 2.30. The lowest BCUT2D eigenvalue weighted by molar-refractivity contribution is -0.137. The van der Waals surface area contributed by atoms with Crippen LogP contribution in [0.25, 0.3) is 0 Å². The van der Waals surface area contributed by atoms with Gasteiger partial charge in [0, 0.05) is 13.1 Å². The van der Waals surface area contributed by atoms with Crippen LogP contribution < -0.4 is 5.32 Å². The number of pyridine rings is 1. The lowest BCUT2D eigenvalue weighted by Crippen LogP contribution is -2.11. The SMILES string of the molecule is CC(=O)Nc1ncc(C(F)(F)F)cc1C. The van der Waals surface area contributed by atoms with Gasteiger partial charge in [0.1, 0.15) is 5.82 Å². The van der Waals surface area contributed by atoms with Gasteiger partial charge in [-0.1, -0.05) is 0 Å². The summed E-state index contributed by atoms with van der Waals surface area (Å²) in [4.78, 5) is 14.2. The maximum Gasteiger partial charge on any atom is 0.417 e. The molecule has 0 saturated carbocycles. The second-order valence-corrected chi connectivity index (χ2v) is 3.07. The number of hydrogen-bond acceptors (Lipinski definition) is 2. The molecule has 0 aromatic carbocycles. The maximum absolute atomic E-state index is 12.2. The predicted molar refractivity (Wildman–Crippen MR) is 48.3 cm³/mol. The number of nitrogens with zero attached hydrogens (tertiary/aromatic N) is 1. The van der Waals surface area contributed by atoms with Crippen LogP contribution in [-0.4, -0.2) is 10.9 Å². The molecule has 15 heavy (non-hydrogen) atoms. The van der Waals surface area contributed by atoms with Gasteiger partial charge in [0.2, 0.25) is 5.91 Å². The van der Waals surface area contributed by atoms with E-state index in [-0.39, 0.29) is 17.3 Å². The lowest BCUT2D eigenvalue weighted by Gasteiger charge is -2.09. The van der Waals surface area contributed by atoms with Gasteiger partial charge in [-0.15, -0.1) is 0 Å². The van der Waals surface area contributed by atoms with Gasteiger partial charge in [-0.3, -0.25) is 4.79 Å². The fraction of sp³-hybridized carbons (Fsp3) is 0.333. The summed E-state index contributed by atoms with van der Waals surface area (Å²) in [6.45, 7) is 2.71. The third-order valence-electron chi connectivity index (χ3n) is 1.70. The molecule has 0 unspecified atom stereocenters. The largest absolute Gasteiger partial charge is 0.417 e. The van der Waals surface area contributed by atoms with E-state index in [1.165, 1.54) is 13.8 Å². The van der Waals surface area contributed by atoms with Crippen LogP contribution in [0.3, 0.4) is 0 Å². The lowest BCUT2D eigenvalue weighted by atomic mass is 10.2. The summed E-state index contributed by atoms with van der Waals surface area (Å²) in [6.07, 6.45) is -3.72. The van der Waals surface area contributed by atoms with Gasteiger partial charge in [0.15, 0.2) is 0 Å². The van der Waals surface area contributed by atoms with Crippen LogP contribution in [0.5, 0.6) is 0 Å². The highest BCUT2D eigenvalue weighted by atomic mass is 19.4. The second-order valence-electron chi connectivity index (χ2n) is 3.07. The van der Waals surface area contributed by atoms with E-state index in [9.17, 15) is 18.0 Å². The Morgan fingerprint density at radius 2 is 2.07 bits per heavy atom. The van der Waals surface area contributed by atoms with Gasteiger partial charge in [-0.05, 0) is 18.6 Å². The minimum Gasteiger partial charge on any atom is -0.311 e. The molecular formula is C9H9F3N2O. The summed E-state index contributed by atoms with van der Waals surface area (Å²) >= 11 is 0. The molecule has 0 aliphatic carbocycles. The van der Waals surface area contributed by atoms with E-state index in [4.69, 9.17) is 0 Å². The summed E-state index contributed by atoms with van der Waals surface area (Å²) in [7, 11) is 0. The Morgan fingerprint density at radius 1 is 1.47 bits per heavy atom. The van der Waals surface area contributed by atoms with Gasteiger partial charge in [-0.25, -0.2) is 4.98 Å². The van der Waals surface area contributed by atoms with Gasteiger partial charge >= 0.3 is 6.18 Å². The number of aryl methyl sites for hydroxylation is 1. The van der Waals surface area contributed by atoms with E-state index in [1.54, 1.807) is 0 Å². The zero-order chi connectivity index (χ0) is 11.6. The third-order valence-corrected chi connectivity index (χ3v) is 1.70. The Labute approximate surface area is 84.3 Å². The molecule has 1 heterocycles. The van der Waals surface area contributed by atoms with E-state index in [1.807, 2.05) is 0 Å². The van der Waals surface area contributed by atoms with Crippen LogP contribution >= 0.6 is 0 Å². The second kappa shape index (κ2) is 3.88. The number of nitrogens with one attached hydrogen (secondary N) is 1. The Bertz CT molecular complexity index is 387. The summed E-state index contributed by atoms with van der Waals surface area (Å²) in [5.41, 5.74) is -0.547. The molecule has 0 radical (unpaired) electrons. The monoisotopic (exact) mass is 218 g/mol. The van der Waals surface area contributed by atoms with Crippen LogP contribution in [0, 0.1) is 6.92 Å². The number of aromatic nitrogens is 1. The van der Waals surface area contributed by atoms with Gasteiger partial charge in [0.05, 0.1) is 5.56 Å². The minimum absolute atomic E-state index is 0.149. The summed E-state index contributed by atoms with van der Waals surface area (Å²) in [6, 6.07) is 0.943. The predicted octanol–water partition coefficient (Wildman–Crippen LogP) is 2.37. The molecule has 0 atom stereocenters. The summed E-state index contributed by atoms with van der Waals surface area (Å²) in [5.74, 6) is -0.221. The number of amides is 1. The van der Waals surface area contributed by atoms with Crippen molar-refractivity contribution in [2.45, 2.75) is 20.0 Å². The molecule has 0 saturated heterocycles. The summed E-state index contributed by atoms with van der Waals surface area (Å²) < 4.78 is 36.7. The zero-order valence-electron chi connectivity index (χ0n) is 8.14. The highest BCUT2D eigenvalue weighted by Gasteiger charge is 2.31. The standard InChI is InChI=1S/C9H9F3N2O/c1-5-3-7(9(10,11)12)4-13-8(5)14-6(2)15/h3-4H,1-2H3,(H,13,14,15). The Morgan fingerprint density at radius 3 is 2.47 bits per heavy atom. The van der Waals surface area contributed by atoms with E-state index >= 15 is 0 Å². The van der Waals surface area contributed by atoms with Crippen LogP contribution in [-0.2, 0) is 11.0 Å². The normalized spacial score (nSPS) is 11.3. The number of alkyl halides is 3. The Kier molecular flexibility index (Phi) is 2.97. The first kappa shape index (κ1) is 11.5.